The fraction of sp³-hybridized carbons (Fsp3) is 0.875. The lowest BCUT2D eigenvalue weighted by Crippen LogP contribution is -2.72. The van der Waals surface area contributed by atoms with E-state index in [-0.39, 0.29) is 17.2 Å². The van der Waals surface area contributed by atoms with Crippen LogP contribution in [0.2, 0.25) is 0 Å². The van der Waals surface area contributed by atoms with E-state index in [1.165, 1.54) is 0 Å². The van der Waals surface area contributed by atoms with Gasteiger partial charge in [0, 0.05) is 20.3 Å². The zero-order valence-corrected chi connectivity index (χ0v) is 13.9. The van der Waals surface area contributed by atoms with Crippen LogP contribution >= 0.6 is 0 Å². The van der Waals surface area contributed by atoms with Crippen LogP contribution in [0.25, 0.3) is 0 Å². The Kier molecular flexibility index (Phi) is 4.34. The summed E-state index contributed by atoms with van der Waals surface area (Å²) in [6.45, 7) is 9.08. The molecule has 2 fully saturated rings. The van der Waals surface area contributed by atoms with Crippen molar-refractivity contribution in [3.8, 4) is 0 Å². The summed E-state index contributed by atoms with van der Waals surface area (Å²) >= 11 is 0. The third-order valence-corrected chi connectivity index (χ3v) is 4.61. The van der Waals surface area contributed by atoms with Gasteiger partial charge in [0.1, 0.15) is 11.6 Å². The summed E-state index contributed by atoms with van der Waals surface area (Å²) in [7, 11) is 1.65. The molecule has 5 heteroatoms. The molecule has 21 heavy (non-hydrogen) atoms. The maximum absolute atomic E-state index is 13.0. The number of nitrogens with one attached hydrogen (secondary N) is 1. The Hall–Kier alpha value is -1.10. The van der Waals surface area contributed by atoms with Crippen LogP contribution in [0, 0.1) is 11.3 Å². The smallest absolute Gasteiger partial charge is 0.249 e. The third-order valence-electron chi connectivity index (χ3n) is 4.61. The predicted octanol–water partition coefficient (Wildman–Crippen LogP) is 1.56. The standard InChI is InChI=1S/C16H28N2O3/c1-15(2,3)12-13(19)17-16(4,11-7-8-11)14(20)18(12)9-6-10-21-5/h11-12H,6-10H2,1-5H3,(H,17,19). The normalized spacial score (nSPS) is 30.5. The Morgan fingerprint density at radius 1 is 1.33 bits per heavy atom. The van der Waals surface area contributed by atoms with Crippen molar-refractivity contribution in [1.82, 2.24) is 10.2 Å². The van der Waals surface area contributed by atoms with Crippen molar-refractivity contribution in [2.75, 3.05) is 20.3 Å². The van der Waals surface area contributed by atoms with Gasteiger partial charge in [0.15, 0.2) is 0 Å². The molecule has 1 aliphatic heterocycles. The topological polar surface area (TPSA) is 58.6 Å². The highest BCUT2D eigenvalue weighted by Gasteiger charge is 2.57. The number of methoxy groups -OCH3 is 1. The van der Waals surface area contributed by atoms with Crippen molar-refractivity contribution >= 4 is 11.8 Å². The number of ether oxygens (including phenoxy) is 1. The van der Waals surface area contributed by atoms with Crippen LogP contribution in [0.15, 0.2) is 0 Å². The molecule has 1 heterocycles. The van der Waals surface area contributed by atoms with Crippen LogP contribution in [-0.2, 0) is 14.3 Å². The minimum Gasteiger partial charge on any atom is -0.385 e. The highest BCUT2D eigenvalue weighted by atomic mass is 16.5. The Balaban J connectivity index is 2.25. The molecule has 1 N–H and O–H groups in total. The second-order valence-electron chi connectivity index (χ2n) is 7.58. The van der Waals surface area contributed by atoms with Crippen molar-refractivity contribution in [3.05, 3.63) is 0 Å². The number of carbonyl (C=O) groups is 2. The maximum Gasteiger partial charge on any atom is 0.249 e. The Labute approximate surface area is 127 Å². The summed E-state index contributed by atoms with van der Waals surface area (Å²) in [5.74, 6) is 0.342. The monoisotopic (exact) mass is 296 g/mol. The van der Waals surface area contributed by atoms with Crippen molar-refractivity contribution in [3.63, 3.8) is 0 Å². The molecular formula is C16H28N2O3. The molecule has 1 aliphatic carbocycles. The first-order valence-electron chi connectivity index (χ1n) is 7.84. The Bertz CT molecular complexity index is 426. The van der Waals surface area contributed by atoms with Gasteiger partial charge in [-0.25, -0.2) is 0 Å². The number of amides is 2. The van der Waals surface area contributed by atoms with Crippen LogP contribution in [0.5, 0.6) is 0 Å². The Morgan fingerprint density at radius 2 is 1.95 bits per heavy atom. The third kappa shape index (κ3) is 3.07. The van der Waals surface area contributed by atoms with E-state index in [4.69, 9.17) is 4.74 Å². The molecule has 0 spiro atoms. The zero-order valence-electron chi connectivity index (χ0n) is 13.9. The van der Waals surface area contributed by atoms with Crippen molar-refractivity contribution in [2.24, 2.45) is 11.3 Å². The number of piperazine rings is 1. The van der Waals surface area contributed by atoms with Crippen molar-refractivity contribution in [1.29, 1.82) is 0 Å². The highest BCUT2D eigenvalue weighted by molar-refractivity contribution is 6.00. The van der Waals surface area contributed by atoms with Gasteiger partial charge in [-0.15, -0.1) is 0 Å². The van der Waals surface area contributed by atoms with Gasteiger partial charge in [0.05, 0.1) is 0 Å². The van der Waals surface area contributed by atoms with Gasteiger partial charge in [-0.05, 0) is 37.5 Å². The summed E-state index contributed by atoms with van der Waals surface area (Å²) in [5.41, 5.74) is -0.996. The largest absolute Gasteiger partial charge is 0.385 e. The first-order chi connectivity index (χ1) is 9.71. The first kappa shape index (κ1) is 16.3. The lowest BCUT2D eigenvalue weighted by atomic mass is 9.79. The molecular weight excluding hydrogens is 268 g/mol. The summed E-state index contributed by atoms with van der Waals surface area (Å²) in [5, 5.41) is 3.02. The Morgan fingerprint density at radius 3 is 2.43 bits per heavy atom. The van der Waals surface area contributed by atoms with E-state index in [0.29, 0.717) is 19.1 Å². The van der Waals surface area contributed by atoms with Gasteiger partial charge in [-0.1, -0.05) is 20.8 Å². The van der Waals surface area contributed by atoms with E-state index in [0.717, 1.165) is 19.3 Å². The summed E-state index contributed by atoms with van der Waals surface area (Å²) in [4.78, 5) is 27.4. The van der Waals surface area contributed by atoms with Gasteiger partial charge < -0.3 is 15.0 Å². The summed E-state index contributed by atoms with van der Waals surface area (Å²) in [6, 6.07) is -0.409. The number of nitrogens with zero attached hydrogens (tertiary/aromatic N) is 1. The summed E-state index contributed by atoms with van der Waals surface area (Å²) < 4.78 is 5.09. The van der Waals surface area contributed by atoms with E-state index in [2.05, 4.69) is 5.32 Å². The molecule has 0 aromatic carbocycles. The van der Waals surface area contributed by atoms with Gasteiger partial charge in [0.2, 0.25) is 11.8 Å². The van der Waals surface area contributed by atoms with Crippen molar-refractivity contribution < 1.29 is 14.3 Å². The quantitative estimate of drug-likeness (QED) is 0.783. The molecule has 0 aromatic heterocycles. The molecule has 0 radical (unpaired) electrons. The maximum atomic E-state index is 13.0. The van der Waals surface area contributed by atoms with Crippen molar-refractivity contribution in [2.45, 2.75) is 58.5 Å². The van der Waals surface area contributed by atoms with Crippen LogP contribution in [0.3, 0.4) is 0 Å². The molecule has 2 rings (SSSR count). The fourth-order valence-corrected chi connectivity index (χ4v) is 3.34. The van der Waals surface area contributed by atoms with Crippen LogP contribution < -0.4 is 5.32 Å². The molecule has 2 amide bonds. The van der Waals surface area contributed by atoms with Gasteiger partial charge >= 0.3 is 0 Å². The molecule has 1 saturated carbocycles. The number of hydrogen-bond acceptors (Lipinski definition) is 3. The molecule has 1 saturated heterocycles. The lowest BCUT2D eigenvalue weighted by Gasteiger charge is -2.49. The molecule has 2 aliphatic rings. The molecule has 2 atom stereocenters. The SMILES string of the molecule is COCCCN1C(=O)C(C)(C2CC2)NC(=O)C1C(C)(C)C. The van der Waals surface area contributed by atoms with Gasteiger partial charge in [-0.2, -0.15) is 0 Å². The molecule has 0 bridgehead atoms. The number of carbonyl (C=O) groups excluding carboxylic acids is 2. The highest BCUT2D eigenvalue weighted by Crippen LogP contribution is 2.43. The minimum absolute atomic E-state index is 0.0195. The average Bonchev–Trinajstić information content (AvgIpc) is 3.18. The number of rotatable bonds is 5. The van der Waals surface area contributed by atoms with Gasteiger partial charge in [-0.3, -0.25) is 9.59 Å². The molecule has 0 aromatic rings. The zero-order chi connectivity index (χ0) is 15.8. The molecule has 2 unspecified atom stereocenters. The van der Waals surface area contributed by atoms with E-state index in [9.17, 15) is 9.59 Å². The van der Waals surface area contributed by atoms with Crippen LogP contribution in [0.4, 0.5) is 0 Å². The van der Waals surface area contributed by atoms with Crippen LogP contribution in [0.1, 0.15) is 47.0 Å². The van der Waals surface area contributed by atoms with E-state index in [1.807, 2.05) is 27.7 Å². The number of hydrogen-bond donors (Lipinski definition) is 1. The predicted molar refractivity (Wildman–Crippen MR) is 80.7 cm³/mol. The fourth-order valence-electron chi connectivity index (χ4n) is 3.34. The van der Waals surface area contributed by atoms with Gasteiger partial charge in [0.25, 0.3) is 0 Å². The lowest BCUT2D eigenvalue weighted by molar-refractivity contribution is -0.160. The second-order valence-corrected chi connectivity index (χ2v) is 7.58. The minimum atomic E-state index is -0.716. The molecule has 5 nitrogen and oxygen atoms in total. The van der Waals surface area contributed by atoms with E-state index in [1.54, 1.807) is 12.0 Å². The van der Waals surface area contributed by atoms with E-state index >= 15 is 0 Å². The van der Waals surface area contributed by atoms with E-state index < -0.39 is 11.6 Å². The first-order valence-corrected chi connectivity index (χ1v) is 7.84. The van der Waals surface area contributed by atoms with Crippen LogP contribution in [-0.4, -0.2) is 48.6 Å². The average molecular weight is 296 g/mol. The second kappa shape index (κ2) is 5.59. The summed E-state index contributed by atoms with van der Waals surface area (Å²) in [6.07, 6.45) is 2.80. The molecule has 120 valence electrons.